The zero-order valence-electron chi connectivity index (χ0n) is 14.5. The van der Waals surface area contributed by atoms with Gasteiger partial charge in [0.25, 0.3) is 0 Å². The summed E-state index contributed by atoms with van der Waals surface area (Å²) in [5, 5.41) is 9.11. The number of aliphatic hydroxyl groups is 1. The van der Waals surface area contributed by atoms with E-state index in [4.69, 9.17) is 5.11 Å². The number of hydrogen-bond acceptors (Lipinski definition) is 3. The second-order valence-corrected chi connectivity index (χ2v) is 7.04. The van der Waals surface area contributed by atoms with Gasteiger partial charge < -0.3 is 10.0 Å². The Kier molecular flexibility index (Phi) is 6.00. The number of thioether (sulfide) groups is 1. The fourth-order valence-corrected chi connectivity index (χ4v) is 4.28. The molecule has 1 aliphatic heterocycles. The van der Waals surface area contributed by atoms with Crippen LogP contribution in [0.4, 0.5) is 10.5 Å². The molecule has 2 aromatic carbocycles. The van der Waals surface area contributed by atoms with Crippen molar-refractivity contribution in [3.8, 4) is 0 Å². The van der Waals surface area contributed by atoms with Gasteiger partial charge >= 0.3 is 6.03 Å². The van der Waals surface area contributed by atoms with Gasteiger partial charge in [0, 0.05) is 36.0 Å². The van der Waals surface area contributed by atoms with Crippen LogP contribution in [0.2, 0.25) is 0 Å². The number of β-amino-alcohol motifs (C(OH)–C–C–N with tert-alkyl or cyclic N) is 1. The minimum absolute atomic E-state index is 0.00559. The maximum atomic E-state index is 12.6. The molecule has 3 rings (SSSR count). The van der Waals surface area contributed by atoms with E-state index in [1.54, 1.807) is 4.90 Å². The summed E-state index contributed by atoms with van der Waals surface area (Å²) in [6.07, 6.45) is 0.886. The highest BCUT2D eigenvalue weighted by Gasteiger charge is 2.30. The van der Waals surface area contributed by atoms with Crippen molar-refractivity contribution in [2.24, 2.45) is 0 Å². The summed E-state index contributed by atoms with van der Waals surface area (Å²) in [5.74, 6) is 0.919. The van der Waals surface area contributed by atoms with E-state index in [-0.39, 0.29) is 12.6 Å². The molecule has 5 heteroatoms. The van der Waals surface area contributed by atoms with Crippen molar-refractivity contribution in [3.05, 3.63) is 59.7 Å². The first-order valence-corrected chi connectivity index (χ1v) is 9.69. The summed E-state index contributed by atoms with van der Waals surface area (Å²) in [7, 11) is 0. The van der Waals surface area contributed by atoms with Crippen molar-refractivity contribution in [1.29, 1.82) is 0 Å². The van der Waals surface area contributed by atoms with Crippen molar-refractivity contribution in [2.75, 3.05) is 31.1 Å². The van der Waals surface area contributed by atoms with Crippen molar-refractivity contribution in [1.82, 2.24) is 4.90 Å². The Morgan fingerprint density at radius 1 is 1.08 bits per heavy atom. The van der Waals surface area contributed by atoms with Gasteiger partial charge in [-0.05, 0) is 29.7 Å². The van der Waals surface area contributed by atoms with Crippen LogP contribution in [0.15, 0.2) is 53.4 Å². The van der Waals surface area contributed by atoms with Crippen LogP contribution in [0.3, 0.4) is 0 Å². The zero-order valence-corrected chi connectivity index (χ0v) is 15.3. The van der Waals surface area contributed by atoms with Gasteiger partial charge in [0.1, 0.15) is 0 Å². The van der Waals surface area contributed by atoms with E-state index in [9.17, 15) is 4.79 Å². The number of carbonyl (C=O) groups is 1. The summed E-state index contributed by atoms with van der Waals surface area (Å²) in [4.78, 5) is 17.4. The number of nitrogens with zero attached hydrogens (tertiary/aromatic N) is 2. The standard InChI is InChI=1S/C20H24N2O2S/c1-2-17-18(22-12-11-21(13-14-23)20(22)24)9-6-10-19(17)25-15-16-7-4-3-5-8-16/h3-10,23H,2,11-15H2,1H3. The van der Waals surface area contributed by atoms with E-state index in [0.29, 0.717) is 19.6 Å². The SMILES string of the molecule is CCc1c(SCc2ccccc2)cccc1N1CCN(CCO)C1=O. The molecule has 1 heterocycles. The van der Waals surface area contributed by atoms with Crippen molar-refractivity contribution < 1.29 is 9.90 Å². The van der Waals surface area contributed by atoms with E-state index >= 15 is 0 Å². The first-order chi connectivity index (χ1) is 12.2. The van der Waals surface area contributed by atoms with Crippen LogP contribution >= 0.6 is 11.8 Å². The predicted molar refractivity (Wildman–Crippen MR) is 103 cm³/mol. The number of benzene rings is 2. The lowest BCUT2D eigenvalue weighted by molar-refractivity contribution is 0.199. The molecule has 2 amide bonds. The highest BCUT2D eigenvalue weighted by Crippen LogP contribution is 2.34. The largest absolute Gasteiger partial charge is 0.395 e. The van der Waals surface area contributed by atoms with E-state index in [1.165, 1.54) is 16.0 Å². The molecule has 0 aromatic heterocycles. The molecule has 0 spiro atoms. The molecule has 0 bridgehead atoms. The minimum atomic E-state index is -0.00559. The average Bonchev–Trinajstić information content (AvgIpc) is 3.01. The molecular formula is C20H24N2O2S. The molecule has 0 unspecified atom stereocenters. The lowest BCUT2D eigenvalue weighted by Crippen LogP contribution is -2.34. The Hall–Kier alpha value is -1.98. The first-order valence-electron chi connectivity index (χ1n) is 8.70. The number of amides is 2. The van der Waals surface area contributed by atoms with E-state index in [1.807, 2.05) is 34.9 Å². The number of aliphatic hydroxyl groups excluding tert-OH is 1. The van der Waals surface area contributed by atoms with Gasteiger partial charge in [-0.25, -0.2) is 4.79 Å². The molecule has 0 saturated carbocycles. The fraction of sp³-hybridized carbons (Fsp3) is 0.350. The van der Waals surface area contributed by atoms with Crippen LogP contribution in [0.25, 0.3) is 0 Å². The number of anilines is 1. The van der Waals surface area contributed by atoms with Gasteiger partial charge in [0.15, 0.2) is 0 Å². The Labute approximate surface area is 153 Å². The second kappa shape index (κ2) is 8.41. The van der Waals surface area contributed by atoms with Gasteiger partial charge in [-0.15, -0.1) is 11.8 Å². The highest BCUT2D eigenvalue weighted by molar-refractivity contribution is 7.98. The molecule has 0 atom stereocenters. The van der Waals surface area contributed by atoms with Crippen molar-refractivity contribution in [3.63, 3.8) is 0 Å². The summed E-state index contributed by atoms with van der Waals surface area (Å²) in [5.41, 5.74) is 3.53. The van der Waals surface area contributed by atoms with Gasteiger partial charge in [-0.1, -0.05) is 43.3 Å². The van der Waals surface area contributed by atoms with Gasteiger partial charge in [-0.2, -0.15) is 0 Å². The summed E-state index contributed by atoms with van der Waals surface area (Å²) in [6.45, 7) is 3.90. The molecule has 2 aromatic rings. The van der Waals surface area contributed by atoms with E-state index < -0.39 is 0 Å². The zero-order chi connectivity index (χ0) is 17.6. The molecule has 132 valence electrons. The number of carbonyl (C=O) groups excluding carboxylic acids is 1. The van der Waals surface area contributed by atoms with Crippen LogP contribution in [-0.2, 0) is 12.2 Å². The topological polar surface area (TPSA) is 43.8 Å². The Balaban J connectivity index is 1.80. The van der Waals surface area contributed by atoms with Crippen LogP contribution in [-0.4, -0.2) is 42.3 Å². The van der Waals surface area contributed by atoms with Crippen LogP contribution in [0.1, 0.15) is 18.1 Å². The molecule has 1 saturated heterocycles. The monoisotopic (exact) mass is 356 g/mol. The molecule has 1 N–H and O–H groups in total. The average molecular weight is 356 g/mol. The third-order valence-corrected chi connectivity index (χ3v) is 5.63. The minimum Gasteiger partial charge on any atom is -0.395 e. The highest BCUT2D eigenvalue weighted by atomic mass is 32.2. The molecule has 0 radical (unpaired) electrons. The molecule has 4 nitrogen and oxygen atoms in total. The van der Waals surface area contributed by atoms with Crippen LogP contribution in [0.5, 0.6) is 0 Å². The quantitative estimate of drug-likeness (QED) is 0.768. The molecule has 1 fully saturated rings. The van der Waals surface area contributed by atoms with E-state index in [2.05, 4.69) is 37.3 Å². The third-order valence-electron chi connectivity index (χ3n) is 4.45. The van der Waals surface area contributed by atoms with Crippen molar-refractivity contribution in [2.45, 2.75) is 24.0 Å². The molecular weight excluding hydrogens is 332 g/mol. The Morgan fingerprint density at radius 3 is 2.60 bits per heavy atom. The fourth-order valence-electron chi connectivity index (χ4n) is 3.17. The summed E-state index contributed by atoms with van der Waals surface area (Å²) in [6, 6.07) is 16.6. The number of hydrogen-bond donors (Lipinski definition) is 1. The Morgan fingerprint density at radius 2 is 1.88 bits per heavy atom. The second-order valence-electron chi connectivity index (χ2n) is 6.03. The smallest absolute Gasteiger partial charge is 0.324 e. The molecule has 1 aliphatic rings. The van der Waals surface area contributed by atoms with Gasteiger partial charge in [0.05, 0.1) is 6.61 Å². The lowest BCUT2D eigenvalue weighted by atomic mass is 10.1. The van der Waals surface area contributed by atoms with Crippen LogP contribution < -0.4 is 4.90 Å². The lowest BCUT2D eigenvalue weighted by Gasteiger charge is -2.22. The van der Waals surface area contributed by atoms with Gasteiger partial charge in [-0.3, -0.25) is 4.90 Å². The van der Waals surface area contributed by atoms with E-state index in [0.717, 1.165) is 17.9 Å². The maximum absolute atomic E-state index is 12.6. The number of rotatable bonds is 7. The first kappa shape index (κ1) is 17.8. The number of urea groups is 1. The normalized spacial score (nSPS) is 14.4. The molecule has 25 heavy (non-hydrogen) atoms. The molecule has 0 aliphatic carbocycles. The van der Waals surface area contributed by atoms with Crippen LogP contribution in [0, 0.1) is 0 Å². The van der Waals surface area contributed by atoms with Crippen molar-refractivity contribution >= 4 is 23.5 Å². The summed E-state index contributed by atoms with van der Waals surface area (Å²) >= 11 is 1.82. The summed E-state index contributed by atoms with van der Waals surface area (Å²) < 4.78 is 0. The maximum Gasteiger partial charge on any atom is 0.324 e. The van der Waals surface area contributed by atoms with Gasteiger partial charge in [0.2, 0.25) is 0 Å². The Bertz CT molecular complexity index is 721. The third kappa shape index (κ3) is 3.99. The predicted octanol–water partition coefficient (Wildman–Crippen LogP) is 3.78.